The molecule has 176 valence electrons. The van der Waals surface area contributed by atoms with Crippen molar-refractivity contribution in [1.82, 2.24) is 0 Å². The molecule has 1 heterocycles. The van der Waals surface area contributed by atoms with Crippen LogP contribution in [0.2, 0.25) is 0 Å². The minimum absolute atomic E-state index is 0.0475. The van der Waals surface area contributed by atoms with Crippen LogP contribution in [0.25, 0.3) is 0 Å². The van der Waals surface area contributed by atoms with Crippen LogP contribution in [0.1, 0.15) is 41.3 Å². The fraction of sp³-hybridized carbons (Fsp3) is 0.310. The Morgan fingerprint density at radius 3 is 2.41 bits per heavy atom. The number of hydrogen-bond donors (Lipinski definition) is 0. The normalized spacial score (nSPS) is 15.6. The van der Waals surface area contributed by atoms with Crippen LogP contribution in [-0.2, 0) is 4.79 Å². The molecule has 1 aliphatic rings. The van der Waals surface area contributed by atoms with Crippen LogP contribution >= 0.6 is 0 Å². The number of nitrogens with zero attached hydrogens (tertiary/aromatic N) is 2. The van der Waals surface area contributed by atoms with E-state index in [9.17, 15) is 9.59 Å². The van der Waals surface area contributed by atoms with Gasteiger partial charge in [0.2, 0.25) is 5.91 Å². The zero-order chi connectivity index (χ0) is 24.1. The Balaban J connectivity index is 1.47. The second-order valence-corrected chi connectivity index (χ2v) is 8.99. The van der Waals surface area contributed by atoms with Gasteiger partial charge in [-0.1, -0.05) is 49.4 Å². The van der Waals surface area contributed by atoms with E-state index in [4.69, 9.17) is 4.74 Å². The van der Waals surface area contributed by atoms with Crippen molar-refractivity contribution in [1.29, 1.82) is 0 Å². The number of unbranched alkanes of at least 4 members (excludes halogenated alkanes) is 1. The summed E-state index contributed by atoms with van der Waals surface area (Å²) in [6, 6.07) is 23.2. The molecule has 1 unspecified atom stereocenters. The highest BCUT2D eigenvalue weighted by molar-refractivity contribution is 6.11. The number of aryl methyl sites for hydroxylation is 2. The maximum absolute atomic E-state index is 13.3. The van der Waals surface area contributed by atoms with Gasteiger partial charge >= 0.3 is 0 Å². The van der Waals surface area contributed by atoms with E-state index in [-0.39, 0.29) is 17.7 Å². The molecule has 3 aromatic carbocycles. The minimum atomic E-state index is -0.300. The highest BCUT2D eigenvalue weighted by Crippen LogP contribution is 2.35. The highest BCUT2D eigenvalue weighted by atomic mass is 16.5. The zero-order valence-corrected chi connectivity index (χ0v) is 20.2. The van der Waals surface area contributed by atoms with E-state index in [1.807, 2.05) is 73.3 Å². The average Bonchev–Trinajstić information content (AvgIpc) is 2.96. The predicted octanol–water partition coefficient (Wildman–Crippen LogP) is 5.79. The van der Waals surface area contributed by atoms with Crippen LogP contribution in [0.5, 0.6) is 5.75 Å². The topological polar surface area (TPSA) is 49.9 Å². The van der Waals surface area contributed by atoms with Gasteiger partial charge in [-0.05, 0) is 68.1 Å². The lowest BCUT2D eigenvalue weighted by molar-refractivity contribution is -0.121. The van der Waals surface area contributed by atoms with Gasteiger partial charge in [-0.25, -0.2) is 0 Å². The third-order valence-corrected chi connectivity index (χ3v) is 6.25. The Morgan fingerprint density at radius 1 is 0.941 bits per heavy atom. The van der Waals surface area contributed by atoms with Gasteiger partial charge in [-0.2, -0.15) is 0 Å². The first-order chi connectivity index (χ1) is 16.5. The van der Waals surface area contributed by atoms with Crippen LogP contribution in [0.3, 0.4) is 0 Å². The zero-order valence-electron chi connectivity index (χ0n) is 20.2. The molecule has 0 saturated heterocycles. The molecule has 0 radical (unpaired) electrons. The molecule has 0 N–H and O–H groups in total. The van der Waals surface area contributed by atoms with Crippen molar-refractivity contribution in [3.63, 3.8) is 0 Å². The molecule has 4 rings (SSSR count). The predicted molar refractivity (Wildman–Crippen MR) is 137 cm³/mol. The average molecular weight is 457 g/mol. The molecule has 0 saturated carbocycles. The minimum Gasteiger partial charge on any atom is -0.493 e. The summed E-state index contributed by atoms with van der Waals surface area (Å²) in [6.07, 6.45) is 1.64. The third kappa shape index (κ3) is 5.14. The summed E-state index contributed by atoms with van der Waals surface area (Å²) in [5, 5.41) is 0. The lowest BCUT2D eigenvalue weighted by Crippen LogP contribution is -2.38. The monoisotopic (exact) mass is 456 g/mol. The fourth-order valence-electron chi connectivity index (χ4n) is 4.33. The molecular formula is C29H32N2O3. The van der Waals surface area contributed by atoms with Gasteiger partial charge in [0, 0.05) is 18.7 Å². The molecular weight excluding hydrogens is 424 g/mol. The van der Waals surface area contributed by atoms with Crippen molar-refractivity contribution in [3.05, 3.63) is 89.5 Å². The summed E-state index contributed by atoms with van der Waals surface area (Å²) < 4.78 is 5.99. The molecule has 34 heavy (non-hydrogen) atoms. The molecule has 0 fully saturated rings. The smallest absolute Gasteiger partial charge is 0.258 e. The van der Waals surface area contributed by atoms with E-state index in [2.05, 4.69) is 25.1 Å². The van der Waals surface area contributed by atoms with Crippen molar-refractivity contribution in [2.75, 3.05) is 29.5 Å². The molecule has 0 spiro atoms. The van der Waals surface area contributed by atoms with E-state index < -0.39 is 0 Å². The number of hydrogen-bond acceptors (Lipinski definition) is 3. The fourth-order valence-corrected chi connectivity index (χ4v) is 4.33. The summed E-state index contributed by atoms with van der Waals surface area (Å²) in [6.45, 7) is 7.55. The largest absolute Gasteiger partial charge is 0.493 e. The van der Waals surface area contributed by atoms with Crippen LogP contribution in [0.4, 0.5) is 11.4 Å². The second kappa shape index (κ2) is 10.6. The van der Waals surface area contributed by atoms with Gasteiger partial charge in [-0.15, -0.1) is 0 Å². The number of ether oxygens (including phenoxy) is 1. The first-order valence-electron chi connectivity index (χ1n) is 11.9. The number of anilines is 2. The Kier molecular flexibility index (Phi) is 7.31. The molecule has 0 aliphatic carbocycles. The third-order valence-electron chi connectivity index (χ3n) is 6.25. The Bertz CT molecular complexity index is 1160. The lowest BCUT2D eigenvalue weighted by atomic mass is 10.1. The first kappa shape index (κ1) is 23.6. The van der Waals surface area contributed by atoms with Crippen LogP contribution in [0, 0.1) is 19.8 Å². The molecule has 1 atom stereocenters. The molecule has 3 aromatic rings. The summed E-state index contributed by atoms with van der Waals surface area (Å²) >= 11 is 0. The molecule has 2 amide bonds. The first-order valence-corrected chi connectivity index (χ1v) is 11.9. The standard InChI is InChI=1S/C29H32N2O3/c1-21-15-16-22(2)27(19-21)34-18-10-9-17-30-25-13-7-8-14-26(25)31(20-23(3)28(30)32)29(33)24-11-5-4-6-12-24/h4-8,11-16,19,23H,9-10,17-18,20H2,1-3H3. The Morgan fingerprint density at radius 2 is 1.65 bits per heavy atom. The van der Waals surface area contributed by atoms with Gasteiger partial charge in [-0.3, -0.25) is 9.59 Å². The number of benzene rings is 3. The molecule has 5 nitrogen and oxygen atoms in total. The van der Waals surface area contributed by atoms with Gasteiger partial charge in [0.05, 0.1) is 23.9 Å². The molecule has 0 bridgehead atoms. The number of rotatable bonds is 7. The number of amides is 2. The van der Waals surface area contributed by atoms with Crippen molar-refractivity contribution in [3.8, 4) is 5.75 Å². The van der Waals surface area contributed by atoms with Crippen molar-refractivity contribution >= 4 is 23.2 Å². The van der Waals surface area contributed by atoms with Crippen molar-refractivity contribution in [2.24, 2.45) is 5.92 Å². The van der Waals surface area contributed by atoms with E-state index in [1.54, 1.807) is 4.90 Å². The van der Waals surface area contributed by atoms with Crippen LogP contribution < -0.4 is 14.5 Å². The number of para-hydroxylation sites is 2. The maximum atomic E-state index is 13.3. The number of fused-ring (bicyclic) bond motifs is 1. The molecule has 5 heteroatoms. The SMILES string of the molecule is Cc1ccc(C)c(OCCCCN2C(=O)C(C)CN(C(=O)c3ccccc3)c3ccccc32)c1. The Hall–Kier alpha value is -3.60. The van der Waals surface area contributed by atoms with Crippen LogP contribution in [-0.4, -0.2) is 31.5 Å². The summed E-state index contributed by atoms with van der Waals surface area (Å²) in [5.41, 5.74) is 4.49. The van der Waals surface area contributed by atoms with Crippen LogP contribution in [0.15, 0.2) is 72.8 Å². The highest BCUT2D eigenvalue weighted by Gasteiger charge is 2.33. The number of carbonyl (C=O) groups is 2. The lowest BCUT2D eigenvalue weighted by Gasteiger charge is -2.25. The van der Waals surface area contributed by atoms with E-state index in [0.717, 1.165) is 35.5 Å². The van der Waals surface area contributed by atoms with Gasteiger partial charge in [0.25, 0.3) is 5.91 Å². The van der Waals surface area contributed by atoms with E-state index in [1.165, 1.54) is 5.56 Å². The van der Waals surface area contributed by atoms with Crippen molar-refractivity contribution in [2.45, 2.75) is 33.6 Å². The second-order valence-electron chi connectivity index (χ2n) is 8.99. The van der Waals surface area contributed by atoms with Gasteiger partial charge in [0.15, 0.2) is 0 Å². The van der Waals surface area contributed by atoms with E-state index in [0.29, 0.717) is 25.3 Å². The van der Waals surface area contributed by atoms with Crippen molar-refractivity contribution < 1.29 is 14.3 Å². The summed E-state index contributed by atoms with van der Waals surface area (Å²) in [5.74, 6) is 0.578. The Labute approximate surface area is 202 Å². The van der Waals surface area contributed by atoms with Gasteiger partial charge in [0.1, 0.15) is 5.75 Å². The molecule has 1 aliphatic heterocycles. The maximum Gasteiger partial charge on any atom is 0.258 e. The quantitative estimate of drug-likeness (QED) is 0.423. The van der Waals surface area contributed by atoms with E-state index >= 15 is 0 Å². The molecule has 0 aromatic heterocycles. The number of carbonyl (C=O) groups excluding carboxylic acids is 2. The summed E-state index contributed by atoms with van der Waals surface area (Å²) in [4.78, 5) is 30.3. The summed E-state index contributed by atoms with van der Waals surface area (Å²) in [7, 11) is 0. The van der Waals surface area contributed by atoms with Gasteiger partial charge < -0.3 is 14.5 Å².